The van der Waals surface area contributed by atoms with Gasteiger partial charge in [-0.3, -0.25) is 4.98 Å². The maximum absolute atomic E-state index is 13.1. The smallest absolute Gasteiger partial charge is 0.131 e. The molecule has 1 aromatic heterocycles. The first kappa shape index (κ1) is 7.03. The molecule has 0 spiro atoms. The van der Waals surface area contributed by atoms with E-state index in [1.54, 1.807) is 24.5 Å². The van der Waals surface area contributed by atoms with Crippen LogP contribution in [0.1, 0.15) is 0 Å². The summed E-state index contributed by atoms with van der Waals surface area (Å²) in [6.07, 6.45) is 3.11. The molecule has 0 unspecified atom stereocenters. The summed E-state index contributed by atoms with van der Waals surface area (Å²) in [5, 5.41) is 1.18. The summed E-state index contributed by atoms with van der Waals surface area (Å²) in [6, 6.07) is 4.51. The number of fused-ring (bicyclic) bond motifs is 1. The number of nitrogen functional groups attached to an aromatic ring is 1. The van der Waals surface area contributed by atoms with Crippen molar-refractivity contribution in [2.75, 3.05) is 5.73 Å². The Morgan fingerprint density at radius 1 is 1.17 bits per heavy atom. The lowest BCUT2D eigenvalue weighted by Gasteiger charge is -2.00. The minimum Gasteiger partial charge on any atom is -0.398 e. The molecule has 0 atom stereocenters. The molecule has 0 aliphatic carbocycles. The molecule has 0 saturated heterocycles. The fourth-order valence-corrected chi connectivity index (χ4v) is 1.18. The van der Waals surface area contributed by atoms with Gasteiger partial charge in [-0.15, -0.1) is 0 Å². The van der Waals surface area contributed by atoms with Crippen molar-refractivity contribution in [3.63, 3.8) is 0 Å². The Kier molecular flexibility index (Phi) is 1.43. The molecular weight excluding hydrogens is 155 g/mol. The second-order valence-corrected chi connectivity index (χ2v) is 2.56. The van der Waals surface area contributed by atoms with E-state index in [1.165, 1.54) is 6.07 Å². The summed E-state index contributed by atoms with van der Waals surface area (Å²) in [6.45, 7) is 0. The van der Waals surface area contributed by atoms with Crippen molar-refractivity contribution in [3.05, 3.63) is 36.4 Å². The fraction of sp³-hybridized carbons (Fsp3) is 0. The molecule has 1 heterocycles. The predicted molar refractivity (Wildman–Crippen MR) is 46.1 cm³/mol. The molecule has 0 fully saturated rings. The number of rotatable bonds is 0. The summed E-state index contributed by atoms with van der Waals surface area (Å²) in [4.78, 5) is 3.87. The van der Waals surface area contributed by atoms with Crippen LogP contribution in [0.15, 0.2) is 30.6 Å². The molecule has 0 aliphatic heterocycles. The number of benzene rings is 1. The number of halogens is 1. The molecule has 0 radical (unpaired) electrons. The number of hydrogen-bond donors (Lipinski definition) is 1. The van der Waals surface area contributed by atoms with Crippen LogP contribution in [-0.2, 0) is 0 Å². The van der Waals surface area contributed by atoms with E-state index in [0.717, 1.165) is 0 Å². The van der Waals surface area contributed by atoms with Crippen molar-refractivity contribution < 1.29 is 4.39 Å². The largest absolute Gasteiger partial charge is 0.398 e. The van der Waals surface area contributed by atoms with Gasteiger partial charge in [-0.25, -0.2) is 4.39 Å². The lowest BCUT2D eigenvalue weighted by atomic mass is 10.1. The van der Waals surface area contributed by atoms with Crippen molar-refractivity contribution in [2.45, 2.75) is 0 Å². The maximum atomic E-state index is 13.1. The van der Waals surface area contributed by atoms with E-state index >= 15 is 0 Å². The van der Waals surface area contributed by atoms with E-state index in [2.05, 4.69) is 4.98 Å². The van der Waals surface area contributed by atoms with E-state index in [1.807, 2.05) is 0 Å². The number of anilines is 1. The summed E-state index contributed by atoms with van der Waals surface area (Å²) in [5.41, 5.74) is 6.17. The van der Waals surface area contributed by atoms with Crippen LogP contribution in [0.2, 0.25) is 0 Å². The van der Waals surface area contributed by atoms with Crippen molar-refractivity contribution in [1.82, 2.24) is 4.98 Å². The van der Waals surface area contributed by atoms with Crippen LogP contribution in [0.25, 0.3) is 10.8 Å². The summed E-state index contributed by atoms with van der Waals surface area (Å²) < 4.78 is 13.1. The molecule has 60 valence electrons. The molecule has 0 saturated carbocycles. The molecule has 2 nitrogen and oxygen atoms in total. The number of pyridine rings is 1. The Balaban J connectivity index is 2.95. The maximum Gasteiger partial charge on any atom is 0.131 e. The molecular formula is C9H7FN2. The Morgan fingerprint density at radius 3 is 2.75 bits per heavy atom. The number of hydrogen-bond acceptors (Lipinski definition) is 2. The van der Waals surface area contributed by atoms with E-state index in [-0.39, 0.29) is 5.82 Å². The van der Waals surface area contributed by atoms with E-state index in [9.17, 15) is 4.39 Å². The summed E-state index contributed by atoms with van der Waals surface area (Å²) >= 11 is 0. The average Bonchev–Trinajstić information content (AvgIpc) is 2.12. The molecule has 0 aliphatic rings. The van der Waals surface area contributed by atoms with Crippen LogP contribution in [0, 0.1) is 5.82 Å². The quantitative estimate of drug-likeness (QED) is 0.601. The van der Waals surface area contributed by atoms with E-state index in [4.69, 9.17) is 5.73 Å². The predicted octanol–water partition coefficient (Wildman–Crippen LogP) is 1.96. The number of aromatic nitrogens is 1. The first-order valence-corrected chi connectivity index (χ1v) is 3.57. The Hall–Kier alpha value is -1.64. The van der Waals surface area contributed by atoms with Gasteiger partial charge in [0.25, 0.3) is 0 Å². The van der Waals surface area contributed by atoms with Gasteiger partial charge < -0.3 is 5.73 Å². The zero-order valence-electron chi connectivity index (χ0n) is 6.29. The zero-order chi connectivity index (χ0) is 8.55. The van der Waals surface area contributed by atoms with Crippen molar-refractivity contribution in [3.8, 4) is 0 Å². The van der Waals surface area contributed by atoms with Gasteiger partial charge in [0.1, 0.15) is 5.82 Å². The summed E-state index contributed by atoms with van der Waals surface area (Å²) in [7, 11) is 0. The van der Waals surface area contributed by atoms with Gasteiger partial charge >= 0.3 is 0 Å². The van der Waals surface area contributed by atoms with Crippen LogP contribution in [0.5, 0.6) is 0 Å². The van der Waals surface area contributed by atoms with Gasteiger partial charge in [0.15, 0.2) is 0 Å². The van der Waals surface area contributed by atoms with Crippen LogP contribution >= 0.6 is 0 Å². The van der Waals surface area contributed by atoms with Crippen molar-refractivity contribution in [2.24, 2.45) is 0 Å². The Bertz CT molecular complexity index is 385. The standard InChI is InChI=1S/C9H7FN2/c10-8-1-2-9(11)7-5-12-4-3-6(7)8/h1-5H,11H2. The second kappa shape index (κ2) is 2.44. The van der Waals surface area contributed by atoms with Crippen LogP contribution in [-0.4, -0.2) is 4.98 Å². The highest BCUT2D eigenvalue weighted by Gasteiger charge is 2.01. The Morgan fingerprint density at radius 2 is 2.00 bits per heavy atom. The van der Waals surface area contributed by atoms with Gasteiger partial charge in [-0.1, -0.05) is 0 Å². The second-order valence-electron chi connectivity index (χ2n) is 2.56. The molecule has 3 heteroatoms. The molecule has 0 amide bonds. The third kappa shape index (κ3) is 0.906. The monoisotopic (exact) mass is 162 g/mol. The molecule has 12 heavy (non-hydrogen) atoms. The molecule has 2 rings (SSSR count). The van der Waals surface area contributed by atoms with Gasteiger partial charge in [0.05, 0.1) is 0 Å². The molecule has 0 bridgehead atoms. The van der Waals surface area contributed by atoms with Crippen LogP contribution in [0.3, 0.4) is 0 Å². The average molecular weight is 162 g/mol. The first-order chi connectivity index (χ1) is 5.79. The topological polar surface area (TPSA) is 38.9 Å². The third-order valence-electron chi connectivity index (χ3n) is 1.80. The summed E-state index contributed by atoms with van der Waals surface area (Å²) in [5.74, 6) is -0.262. The molecule has 2 N–H and O–H groups in total. The van der Waals surface area contributed by atoms with E-state index in [0.29, 0.717) is 16.5 Å². The molecule has 2 aromatic rings. The number of nitrogens with two attached hydrogens (primary N) is 1. The normalized spacial score (nSPS) is 10.4. The third-order valence-corrected chi connectivity index (χ3v) is 1.80. The minimum atomic E-state index is -0.262. The van der Waals surface area contributed by atoms with Crippen molar-refractivity contribution in [1.29, 1.82) is 0 Å². The number of nitrogens with zero attached hydrogens (tertiary/aromatic N) is 1. The highest BCUT2D eigenvalue weighted by atomic mass is 19.1. The minimum absolute atomic E-state index is 0.262. The van der Waals surface area contributed by atoms with Crippen LogP contribution < -0.4 is 5.73 Å². The van der Waals surface area contributed by atoms with Gasteiger partial charge in [0.2, 0.25) is 0 Å². The lowest BCUT2D eigenvalue weighted by molar-refractivity contribution is 0.640. The van der Waals surface area contributed by atoms with Crippen molar-refractivity contribution >= 4 is 16.5 Å². The van der Waals surface area contributed by atoms with Gasteiger partial charge in [-0.05, 0) is 18.2 Å². The van der Waals surface area contributed by atoms with E-state index < -0.39 is 0 Å². The first-order valence-electron chi connectivity index (χ1n) is 3.57. The Labute approximate surface area is 68.8 Å². The highest BCUT2D eigenvalue weighted by molar-refractivity contribution is 5.92. The van der Waals surface area contributed by atoms with Crippen LogP contribution in [0.4, 0.5) is 10.1 Å². The molecule has 1 aromatic carbocycles. The highest BCUT2D eigenvalue weighted by Crippen LogP contribution is 2.21. The van der Waals surface area contributed by atoms with Gasteiger partial charge in [0, 0.05) is 28.9 Å². The van der Waals surface area contributed by atoms with Gasteiger partial charge in [-0.2, -0.15) is 0 Å². The fourth-order valence-electron chi connectivity index (χ4n) is 1.18. The SMILES string of the molecule is Nc1ccc(F)c2ccncc12. The zero-order valence-corrected chi connectivity index (χ0v) is 6.29. The lowest BCUT2D eigenvalue weighted by Crippen LogP contribution is -1.89.